The molecule has 23 heavy (non-hydrogen) atoms. The van der Waals surface area contributed by atoms with E-state index in [2.05, 4.69) is 9.97 Å². The number of hydrogen-bond donors (Lipinski definition) is 1. The fraction of sp³-hybridized carbons (Fsp3) is 0.312. The summed E-state index contributed by atoms with van der Waals surface area (Å²) in [7, 11) is 0. The molecule has 1 N–H and O–H groups in total. The van der Waals surface area contributed by atoms with Gasteiger partial charge >= 0.3 is 0 Å². The monoisotopic (exact) mass is 330 g/mol. The number of aromatic amines is 1. The normalized spacial score (nSPS) is 14.5. The molecule has 0 spiro atoms. The lowest BCUT2D eigenvalue weighted by molar-refractivity contribution is 0.122. The average molecular weight is 331 g/mol. The lowest BCUT2D eigenvalue weighted by Gasteiger charge is -2.28. The van der Waals surface area contributed by atoms with E-state index in [1.54, 1.807) is 6.07 Å². The number of aromatic nitrogens is 2. The van der Waals surface area contributed by atoms with Gasteiger partial charge < -0.3 is 14.6 Å². The minimum Gasteiger partial charge on any atom is -0.378 e. The molecule has 1 aromatic carbocycles. The second kappa shape index (κ2) is 6.82. The highest BCUT2D eigenvalue weighted by Crippen LogP contribution is 2.18. The van der Waals surface area contributed by atoms with Crippen molar-refractivity contribution in [3.05, 3.63) is 56.6 Å². The second-order valence-corrected chi connectivity index (χ2v) is 5.67. The zero-order valence-electron chi connectivity index (χ0n) is 12.4. The first-order valence-corrected chi connectivity index (χ1v) is 7.65. The quantitative estimate of drug-likeness (QED) is 0.926. The topological polar surface area (TPSA) is 82.0 Å². The van der Waals surface area contributed by atoms with Crippen LogP contribution < -0.4 is 10.5 Å². The first kappa shape index (κ1) is 15.5. The van der Waals surface area contributed by atoms with Crippen molar-refractivity contribution in [2.24, 2.45) is 0 Å². The number of rotatable bonds is 3. The van der Waals surface area contributed by atoms with Crippen molar-refractivity contribution >= 4 is 17.4 Å². The summed E-state index contributed by atoms with van der Waals surface area (Å²) in [6.45, 7) is 2.34. The molecule has 7 heteroatoms. The van der Waals surface area contributed by atoms with E-state index in [0.29, 0.717) is 49.4 Å². The number of anilines is 1. The lowest BCUT2D eigenvalue weighted by atomic mass is 10.1. The molecule has 2 aromatic rings. The highest BCUT2D eigenvalue weighted by atomic mass is 35.5. The molecular formula is C16H15ClN4O2. The van der Waals surface area contributed by atoms with E-state index in [0.717, 1.165) is 5.56 Å². The van der Waals surface area contributed by atoms with E-state index in [9.17, 15) is 10.1 Å². The Kier molecular flexibility index (Phi) is 4.60. The van der Waals surface area contributed by atoms with Crippen molar-refractivity contribution in [3.63, 3.8) is 0 Å². The van der Waals surface area contributed by atoms with Crippen molar-refractivity contribution in [1.82, 2.24) is 9.97 Å². The maximum Gasteiger partial charge on any atom is 0.271 e. The Balaban J connectivity index is 1.97. The van der Waals surface area contributed by atoms with E-state index >= 15 is 0 Å². The highest BCUT2D eigenvalue weighted by molar-refractivity contribution is 6.30. The number of H-pyrrole nitrogens is 1. The van der Waals surface area contributed by atoms with Gasteiger partial charge in [0.15, 0.2) is 11.4 Å². The first-order chi connectivity index (χ1) is 11.2. The standard InChI is InChI=1S/C16H15ClN4O2/c17-12-3-1-2-11(8-12)9-14-19-15(13(10-18)16(22)20-14)21-4-6-23-7-5-21/h1-3,8H,4-7,9H2,(H,19,20,22). The third kappa shape index (κ3) is 3.52. The van der Waals surface area contributed by atoms with Crippen LogP contribution in [0.2, 0.25) is 5.02 Å². The summed E-state index contributed by atoms with van der Waals surface area (Å²) in [5, 5.41) is 9.89. The summed E-state index contributed by atoms with van der Waals surface area (Å²) in [5.74, 6) is 0.939. The third-order valence-corrected chi connectivity index (χ3v) is 3.87. The Morgan fingerprint density at radius 3 is 2.87 bits per heavy atom. The first-order valence-electron chi connectivity index (χ1n) is 7.28. The number of halogens is 1. The molecule has 1 aliphatic rings. The van der Waals surface area contributed by atoms with Crippen molar-refractivity contribution in [2.45, 2.75) is 6.42 Å². The Hall–Kier alpha value is -2.36. The predicted molar refractivity (Wildman–Crippen MR) is 86.9 cm³/mol. The molecule has 0 aliphatic carbocycles. The minimum absolute atomic E-state index is 0.0433. The van der Waals surface area contributed by atoms with Gasteiger partial charge in [0, 0.05) is 24.5 Å². The molecule has 0 bridgehead atoms. The number of benzene rings is 1. The zero-order chi connectivity index (χ0) is 16.2. The third-order valence-electron chi connectivity index (χ3n) is 3.63. The molecular weight excluding hydrogens is 316 g/mol. The van der Waals surface area contributed by atoms with Crippen LogP contribution in [0.15, 0.2) is 29.1 Å². The van der Waals surface area contributed by atoms with Crippen LogP contribution >= 0.6 is 11.6 Å². The smallest absolute Gasteiger partial charge is 0.271 e. The van der Waals surface area contributed by atoms with Crippen LogP contribution in [-0.2, 0) is 11.2 Å². The van der Waals surface area contributed by atoms with Gasteiger partial charge in [-0.1, -0.05) is 23.7 Å². The summed E-state index contributed by atoms with van der Waals surface area (Å²) in [4.78, 5) is 21.3. The molecule has 2 heterocycles. The maximum absolute atomic E-state index is 12.2. The summed E-state index contributed by atoms with van der Waals surface area (Å²) in [6.07, 6.45) is 0.443. The van der Waals surface area contributed by atoms with Crippen LogP contribution in [-0.4, -0.2) is 36.3 Å². The molecule has 0 amide bonds. The van der Waals surface area contributed by atoms with Gasteiger partial charge in [0.2, 0.25) is 0 Å². The van der Waals surface area contributed by atoms with Crippen molar-refractivity contribution < 1.29 is 4.74 Å². The van der Waals surface area contributed by atoms with Crippen LogP contribution in [0.1, 0.15) is 17.0 Å². The Morgan fingerprint density at radius 1 is 1.39 bits per heavy atom. The predicted octanol–water partition coefficient (Wildman–Crippen LogP) is 1.72. The van der Waals surface area contributed by atoms with Gasteiger partial charge in [0.25, 0.3) is 5.56 Å². The van der Waals surface area contributed by atoms with Crippen LogP contribution in [0.4, 0.5) is 5.82 Å². The van der Waals surface area contributed by atoms with Crippen molar-refractivity contribution in [3.8, 4) is 6.07 Å². The van der Waals surface area contributed by atoms with Crippen LogP contribution in [0.25, 0.3) is 0 Å². The average Bonchev–Trinajstić information content (AvgIpc) is 2.55. The molecule has 1 saturated heterocycles. The largest absolute Gasteiger partial charge is 0.378 e. The molecule has 0 unspecified atom stereocenters. The molecule has 0 saturated carbocycles. The van der Waals surface area contributed by atoms with E-state index in [1.807, 2.05) is 29.2 Å². The van der Waals surface area contributed by atoms with Crippen molar-refractivity contribution in [2.75, 3.05) is 31.2 Å². The summed E-state index contributed by atoms with van der Waals surface area (Å²) in [5.41, 5.74) is 0.570. The summed E-state index contributed by atoms with van der Waals surface area (Å²) < 4.78 is 5.31. The van der Waals surface area contributed by atoms with Gasteiger partial charge in [-0.15, -0.1) is 0 Å². The molecule has 6 nitrogen and oxygen atoms in total. The van der Waals surface area contributed by atoms with Gasteiger partial charge in [0.1, 0.15) is 11.9 Å². The number of ether oxygens (including phenoxy) is 1. The second-order valence-electron chi connectivity index (χ2n) is 5.23. The summed E-state index contributed by atoms with van der Waals surface area (Å²) >= 11 is 5.99. The maximum atomic E-state index is 12.2. The van der Waals surface area contributed by atoms with E-state index in [1.165, 1.54) is 0 Å². The SMILES string of the molecule is N#Cc1c(N2CCOCC2)nc(Cc2cccc(Cl)c2)[nH]c1=O. The number of nitrogens with one attached hydrogen (secondary N) is 1. The van der Waals surface area contributed by atoms with Crippen LogP contribution in [0.3, 0.4) is 0 Å². The molecule has 3 rings (SSSR count). The Bertz CT molecular complexity index is 806. The fourth-order valence-corrected chi connectivity index (χ4v) is 2.75. The molecule has 0 atom stereocenters. The van der Waals surface area contributed by atoms with Crippen molar-refractivity contribution in [1.29, 1.82) is 5.26 Å². The molecule has 1 fully saturated rings. The zero-order valence-corrected chi connectivity index (χ0v) is 13.1. The van der Waals surface area contributed by atoms with Gasteiger partial charge in [-0.3, -0.25) is 4.79 Å². The van der Waals surface area contributed by atoms with E-state index in [4.69, 9.17) is 16.3 Å². The Labute approximate surface area is 138 Å². The van der Waals surface area contributed by atoms with E-state index < -0.39 is 5.56 Å². The number of morpholine rings is 1. The Morgan fingerprint density at radius 2 is 2.17 bits per heavy atom. The molecule has 118 valence electrons. The van der Waals surface area contributed by atoms with Gasteiger partial charge in [-0.25, -0.2) is 4.98 Å². The van der Waals surface area contributed by atoms with Crippen LogP contribution in [0, 0.1) is 11.3 Å². The van der Waals surface area contributed by atoms with Gasteiger partial charge in [-0.05, 0) is 17.7 Å². The van der Waals surface area contributed by atoms with Crippen LogP contribution in [0.5, 0.6) is 0 Å². The number of hydrogen-bond acceptors (Lipinski definition) is 5. The van der Waals surface area contributed by atoms with Gasteiger partial charge in [0.05, 0.1) is 13.2 Å². The van der Waals surface area contributed by atoms with E-state index in [-0.39, 0.29) is 5.56 Å². The molecule has 0 radical (unpaired) electrons. The lowest BCUT2D eigenvalue weighted by Crippen LogP contribution is -2.38. The summed E-state index contributed by atoms with van der Waals surface area (Å²) in [6, 6.07) is 9.33. The number of nitrogens with zero attached hydrogens (tertiary/aromatic N) is 3. The molecule has 1 aliphatic heterocycles. The minimum atomic E-state index is -0.416. The highest BCUT2D eigenvalue weighted by Gasteiger charge is 2.20. The fourth-order valence-electron chi connectivity index (χ4n) is 2.54. The van der Waals surface area contributed by atoms with Gasteiger partial charge in [-0.2, -0.15) is 5.26 Å². The number of nitriles is 1. The molecule has 1 aromatic heterocycles.